The van der Waals surface area contributed by atoms with E-state index in [1.807, 2.05) is 0 Å². The number of carbonyl (C=O) groups is 1. The van der Waals surface area contributed by atoms with Crippen LogP contribution in [0.5, 0.6) is 0 Å². The highest BCUT2D eigenvalue weighted by atomic mass is 16.1. The van der Waals surface area contributed by atoms with Crippen molar-refractivity contribution in [2.24, 2.45) is 11.7 Å². The van der Waals surface area contributed by atoms with Gasteiger partial charge in [0.1, 0.15) is 0 Å². The Labute approximate surface area is 98.6 Å². The molecule has 0 unspecified atom stereocenters. The van der Waals surface area contributed by atoms with E-state index in [2.05, 4.69) is 24.1 Å². The molecule has 0 aliphatic carbocycles. The normalized spacial score (nSPS) is 19.2. The molecule has 1 rings (SSSR count). The third-order valence-corrected chi connectivity index (χ3v) is 3.19. The molecular weight excluding hydrogens is 202 g/mol. The highest BCUT2D eigenvalue weighted by Crippen LogP contribution is 2.16. The van der Waals surface area contributed by atoms with Crippen molar-refractivity contribution in [3.63, 3.8) is 0 Å². The van der Waals surface area contributed by atoms with Crippen molar-refractivity contribution in [2.45, 2.75) is 39.2 Å². The number of carbonyl (C=O) groups excluding carboxylic acids is 1. The van der Waals surface area contributed by atoms with Gasteiger partial charge < -0.3 is 16.0 Å². The summed E-state index contributed by atoms with van der Waals surface area (Å²) in [5, 5.41) is 3.41. The third-order valence-electron chi connectivity index (χ3n) is 3.19. The summed E-state index contributed by atoms with van der Waals surface area (Å²) in [5.41, 5.74) is 5.30. The molecule has 16 heavy (non-hydrogen) atoms. The fraction of sp³-hybridized carbons (Fsp3) is 0.917. The number of piperidine rings is 1. The van der Waals surface area contributed by atoms with Gasteiger partial charge in [0.2, 0.25) is 5.91 Å². The topological polar surface area (TPSA) is 58.4 Å². The van der Waals surface area contributed by atoms with Crippen molar-refractivity contribution >= 4 is 5.91 Å². The molecule has 0 atom stereocenters. The summed E-state index contributed by atoms with van der Waals surface area (Å²) >= 11 is 0. The number of nitrogens with one attached hydrogen (secondary N) is 1. The highest BCUT2D eigenvalue weighted by molar-refractivity contribution is 5.76. The van der Waals surface area contributed by atoms with E-state index in [0.29, 0.717) is 6.04 Å². The van der Waals surface area contributed by atoms with Crippen LogP contribution in [-0.4, -0.2) is 43.0 Å². The molecule has 94 valence electrons. The maximum absolute atomic E-state index is 11.0. The summed E-state index contributed by atoms with van der Waals surface area (Å²) in [4.78, 5) is 13.4. The minimum atomic E-state index is -0.124. The summed E-state index contributed by atoms with van der Waals surface area (Å²) in [6, 6.07) is 0.570. The molecule has 0 radical (unpaired) electrons. The number of hydrogen-bond donors (Lipinski definition) is 2. The largest absolute Gasteiger partial charge is 0.369 e. The molecule has 0 aromatic heterocycles. The zero-order valence-electron chi connectivity index (χ0n) is 10.5. The zero-order valence-corrected chi connectivity index (χ0v) is 10.5. The van der Waals surface area contributed by atoms with Crippen LogP contribution in [0.2, 0.25) is 0 Å². The predicted octanol–water partition coefficient (Wildman–Crippen LogP) is 0.572. The molecule has 0 aromatic rings. The van der Waals surface area contributed by atoms with Crippen LogP contribution in [-0.2, 0) is 4.79 Å². The predicted molar refractivity (Wildman–Crippen MR) is 66.1 cm³/mol. The molecule has 1 saturated heterocycles. The first-order valence-electron chi connectivity index (χ1n) is 6.34. The van der Waals surface area contributed by atoms with Gasteiger partial charge in [0.25, 0.3) is 0 Å². The van der Waals surface area contributed by atoms with E-state index in [1.165, 1.54) is 6.42 Å². The van der Waals surface area contributed by atoms with E-state index in [9.17, 15) is 4.79 Å². The number of amides is 1. The molecule has 4 heteroatoms. The number of hydrogen-bond acceptors (Lipinski definition) is 3. The van der Waals surface area contributed by atoms with Gasteiger partial charge in [-0.25, -0.2) is 0 Å². The van der Waals surface area contributed by atoms with Gasteiger partial charge in [0, 0.05) is 12.0 Å². The van der Waals surface area contributed by atoms with Crippen molar-refractivity contribution in [2.75, 3.05) is 26.2 Å². The molecule has 0 spiro atoms. The minimum absolute atomic E-state index is 0.116. The van der Waals surface area contributed by atoms with Crippen LogP contribution >= 0.6 is 0 Å². The van der Waals surface area contributed by atoms with Crippen molar-refractivity contribution in [3.05, 3.63) is 0 Å². The SMILES string of the molecule is CC(C)NCCCN1CCC(C(N)=O)CC1. The lowest BCUT2D eigenvalue weighted by atomic mass is 9.96. The van der Waals surface area contributed by atoms with Gasteiger partial charge in [-0.05, 0) is 45.4 Å². The lowest BCUT2D eigenvalue weighted by Gasteiger charge is -2.30. The molecule has 0 bridgehead atoms. The average molecular weight is 227 g/mol. The summed E-state index contributed by atoms with van der Waals surface area (Å²) < 4.78 is 0. The van der Waals surface area contributed by atoms with Crippen LogP contribution in [0.25, 0.3) is 0 Å². The Morgan fingerprint density at radius 3 is 2.56 bits per heavy atom. The standard InChI is InChI=1S/C12H25N3O/c1-10(2)14-6-3-7-15-8-4-11(5-9-15)12(13)16/h10-11,14H,3-9H2,1-2H3,(H2,13,16). The maximum atomic E-state index is 11.0. The maximum Gasteiger partial charge on any atom is 0.220 e. The first kappa shape index (κ1) is 13.5. The Morgan fingerprint density at radius 2 is 2.06 bits per heavy atom. The lowest BCUT2D eigenvalue weighted by Crippen LogP contribution is -2.39. The average Bonchev–Trinajstić information content (AvgIpc) is 2.25. The fourth-order valence-electron chi connectivity index (χ4n) is 2.13. The molecule has 1 aliphatic heterocycles. The number of rotatable bonds is 6. The number of primary amides is 1. The van der Waals surface area contributed by atoms with Gasteiger partial charge in [0.05, 0.1) is 0 Å². The third kappa shape index (κ3) is 4.94. The van der Waals surface area contributed by atoms with Gasteiger partial charge in [0.15, 0.2) is 0 Å². The Bertz CT molecular complexity index is 210. The van der Waals surface area contributed by atoms with Crippen LogP contribution in [0.4, 0.5) is 0 Å². The number of nitrogens with two attached hydrogens (primary N) is 1. The molecule has 1 heterocycles. The molecule has 4 nitrogen and oxygen atoms in total. The lowest BCUT2D eigenvalue weighted by molar-refractivity contribution is -0.123. The minimum Gasteiger partial charge on any atom is -0.369 e. The molecule has 1 fully saturated rings. The molecule has 0 aromatic carbocycles. The molecule has 1 amide bonds. The Hall–Kier alpha value is -0.610. The summed E-state index contributed by atoms with van der Waals surface area (Å²) in [7, 11) is 0. The van der Waals surface area contributed by atoms with Gasteiger partial charge >= 0.3 is 0 Å². The zero-order chi connectivity index (χ0) is 12.0. The second-order valence-corrected chi connectivity index (χ2v) is 4.98. The van der Waals surface area contributed by atoms with Gasteiger partial charge in [-0.3, -0.25) is 4.79 Å². The smallest absolute Gasteiger partial charge is 0.220 e. The van der Waals surface area contributed by atoms with E-state index in [1.54, 1.807) is 0 Å². The van der Waals surface area contributed by atoms with E-state index in [0.717, 1.165) is 39.0 Å². The van der Waals surface area contributed by atoms with Crippen LogP contribution in [0.1, 0.15) is 33.1 Å². The van der Waals surface area contributed by atoms with Crippen molar-refractivity contribution < 1.29 is 4.79 Å². The molecule has 1 aliphatic rings. The van der Waals surface area contributed by atoms with E-state index < -0.39 is 0 Å². The Kier molecular flexibility index (Phi) is 5.77. The van der Waals surface area contributed by atoms with Crippen LogP contribution in [0.15, 0.2) is 0 Å². The molecular formula is C12H25N3O. The number of likely N-dealkylation sites (tertiary alicyclic amines) is 1. The second kappa shape index (κ2) is 6.86. The van der Waals surface area contributed by atoms with E-state index in [4.69, 9.17) is 5.73 Å². The van der Waals surface area contributed by atoms with Crippen LogP contribution in [0, 0.1) is 5.92 Å². The van der Waals surface area contributed by atoms with Crippen molar-refractivity contribution in [1.82, 2.24) is 10.2 Å². The van der Waals surface area contributed by atoms with Crippen LogP contribution in [0.3, 0.4) is 0 Å². The summed E-state index contributed by atoms with van der Waals surface area (Å²) in [6.45, 7) is 8.58. The fourth-order valence-corrected chi connectivity index (χ4v) is 2.13. The van der Waals surface area contributed by atoms with Crippen molar-refractivity contribution in [3.8, 4) is 0 Å². The molecule has 0 saturated carbocycles. The number of nitrogens with zero attached hydrogens (tertiary/aromatic N) is 1. The van der Waals surface area contributed by atoms with E-state index in [-0.39, 0.29) is 11.8 Å². The summed E-state index contributed by atoms with van der Waals surface area (Å²) in [6.07, 6.45) is 3.05. The van der Waals surface area contributed by atoms with Crippen LogP contribution < -0.4 is 11.1 Å². The Balaban J connectivity index is 2.06. The monoisotopic (exact) mass is 227 g/mol. The first-order valence-corrected chi connectivity index (χ1v) is 6.34. The van der Waals surface area contributed by atoms with Gasteiger partial charge in [-0.2, -0.15) is 0 Å². The highest BCUT2D eigenvalue weighted by Gasteiger charge is 2.22. The Morgan fingerprint density at radius 1 is 1.44 bits per heavy atom. The van der Waals surface area contributed by atoms with Crippen molar-refractivity contribution in [1.29, 1.82) is 0 Å². The second-order valence-electron chi connectivity index (χ2n) is 4.98. The molecule has 3 N–H and O–H groups in total. The van der Waals surface area contributed by atoms with Gasteiger partial charge in [-0.1, -0.05) is 13.8 Å². The first-order chi connectivity index (χ1) is 7.59. The quantitative estimate of drug-likeness (QED) is 0.652. The van der Waals surface area contributed by atoms with Gasteiger partial charge in [-0.15, -0.1) is 0 Å². The van der Waals surface area contributed by atoms with E-state index >= 15 is 0 Å². The summed E-state index contributed by atoms with van der Waals surface area (Å²) in [5.74, 6) is -0.00818.